The summed E-state index contributed by atoms with van der Waals surface area (Å²) in [6.07, 6.45) is -0.353. The van der Waals surface area contributed by atoms with Gasteiger partial charge in [-0.05, 0) is 44.9 Å². The van der Waals surface area contributed by atoms with E-state index in [4.69, 9.17) is 4.74 Å². The lowest BCUT2D eigenvalue weighted by atomic mass is 10.1. The van der Waals surface area contributed by atoms with Crippen LogP contribution in [-0.2, 0) is 16.1 Å². The minimum atomic E-state index is -1.06. The minimum Gasteiger partial charge on any atom is -0.480 e. The maximum atomic E-state index is 13.2. The Labute approximate surface area is 140 Å². The molecule has 1 aromatic rings. The molecule has 1 aromatic carbocycles. The predicted molar refractivity (Wildman–Crippen MR) is 86.0 cm³/mol. The molecular weight excluding hydrogens is 315 g/mol. The van der Waals surface area contributed by atoms with Crippen LogP contribution in [0.3, 0.4) is 0 Å². The quantitative estimate of drug-likeness (QED) is 0.881. The van der Waals surface area contributed by atoms with E-state index in [0.717, 1.165) is 5.56 Å². The van der Waals surface area contributed by atoms with Crippen molar-refractivity contribution in [3.05, 3.63) is 35.6 Å². The molecule has 1 fully saturated rings. The van der Waals surface area contributed by atoms with Gasteiger partial charge in [-0.15, -0.1) is 0 Å². The van der Waals surface area contributed by atoms with E-state index in [1.807, 2.05) is 0 Å². The van der Waals surface area contributed by atoms with Gasteiger partial charge in [-0.25, -0.2) is 14.0 Å². The molecule has 0 aromatic heterocycles. The largest absolute Gasteiger partial charge is 0.480 e. The number of hydrogen-bond donors (Lipinski definition) is 2. The van der Waals surface area contributed by atoms with Gasteiger partial charge in [-0.2, -0.15) is 0 Å². The van der Waals surface area contributed by atoms with Crippen molar-refractivity contribution in [2.24, 2.45) is 0 Å². The number of amides is 1. The van der Waals surface area contributed by atoms with Gasteiger partial charge in [0.2, 0.25) is 0 Å². The molecule has 7 heteroatoms. The van der Waals surface area contributed by atoms with Crippen molar-refractivity contribution >= 4 is 12.1 Å². The zero-order valence-electron chi connectivity index (χ0n) is 14.1. The number of carboxylic acid groups (broad SMARTS) is 1. The number of hydrogen-bond acceptors (Lipinski definition) is 4. The van der Waals surface area contributed by atoms with Crippen LogP contribution in [0.25, 0.3) is 0 Å². The molecule has 1 aliphatic heterocycles. The van der Waals surface area contributed by atoms with Crippen LogP contribution >= 0.6 is 0 Å². The number of aliphatic carboxylic acids is 1. The van der Waals surface area contributed by atoms with Crippen LogP contribution in [-0.4, -0.2) is 46.3 Å². The van der Waals surface area contributed by atoms with Gasteiger partial charge >= 0.3 is 12.1 Å². The number of carbonyl (C=O) groups is 2. The molecular formula is C17H23FN2O4. The van der Waals surface area contributed by atoms with E-state index >= 15 is 0 Å². The molecule has 1 aliphatic rings. The summed E-state index contributed by atoms with van der Waals surface area (Å²) in [4.78, 5) is 24.9. The maximum absolute atomic E-state index is 13.2. The van der Waals surface area contributed by atoms with Crippen molar-refractivity contribution in [3.8, 4) is 0 Å². The lowest BCUT2D eigenvalue weighted by Gasteiger charge is -2.26. The number of rotatable bonds is 4. The summed E-state index contributed by atoms with van der Waals surface area (Å²) < 4.78 is 18.5. The molecule has 0 unspecified atom stereocenters. The number of nitrogens with one attached hydrogen (secondary N) is 1. The van der Waals surface area contributed by atoms with Crippen LogP contribution in [0.15, 0.2) is 24.3 Å². The average Bonchev–Trinajstić information content (AvgIpc) is 2.88. The molecule has 0 saturated carbocycles. The van der Waals surface area contributed by atoms with Crippen molar-refractivity contribution in [1.29, 1.82) is 0 Å². The van der Waals surface area contributed by atoms with Crippen molar-refractivity contribution in [3.63, 3.8) is 0 Å². The van der Waals surface area contributed by atoms with E-state index in [0.29, 0.717) is 6.54 Å². The Kier molecular flexibility index (Phi) is 5.43. The van der Waals surface area contributed by atoms with Gasteiger partial charge in [0.15, 0.2) is 0 Å². The highest BCUT2D eigenvalue weighted by Gasteiger charge is 2.41. The molecule has 1 heterocycles. The minimum absolute atomic E-state index is 0.193. The normalized spacial score (nSPS) is 20.9. The third-order valence-corrected chi connectivity index (χ3v) is 3.70. The smallest absolute Gasteiger partial charge is 0.411 e. The van der Waals surface area contributed by atoms with E-state index in [1.54, 1.807) is 32.9 Å². The van der Waals surface area contributed by atoms with E-state index in [-0.39, 0.29) is 24.8 Å². The number of ether oxygens (including phenoxy) is 1. The van der Waals surface area contributed by atoms with Crippen LogP contribution in [0, 0.1) is 5.82 Å². The lowest BCUT2D eigenvalue weighted by molar-refractivity contribution is -0.142. The topological polar surface area (TPSA) is 78.9 Å². The first-order chi connectivity index (χ1) is 11.2. The summed E-state index contributed by atoms with van der Waals surface area (Å²) >= 11 is 0. The van der Waals surface area contributed by atoms with E-state index in [9.17, 15) is 19.1 Å². The van der Waals surface area contributed by atoms with Gasteiger partial charge in [0, 0.05) is 19.1 Å². The fourth-order valence-electron chi connectivity index (χ4n) is 2.65. The highest BCUT2D eigenvalue weighted by atomic mass is 19.1. The Morgan fingerprint density at radius 3 is 2.71 bits per heavy atom. The molecule has 2 atom stereocenters. The summed E-state index contributed by atoms with van der Waals surface area (Å²) in [6.45, 7) is 5.83. The van der Waals surface area contributed by atoms with E-state index in [1.165, 1.54) is 17.0 Å². The number of halogens is 1. The first-order valence-electron chi connectivity index (χ1n) is 7.86. The Morgan fingerprint density at radius 1 is 1.42 bits per heavy atom. The zero-order valence-corrected chi connectivity index (χ0v) is 14.1. The molecule has 2 N–H and O–H groups in total. The Bertz CT molecular complexity index is 615. The fourth-order valence-corrected chi connectivity index (χ4v) is 2.65. The summed E-state index contributed by atoms with van der Waals surface area (Å²) in [7, 11) is 0. The van der Waals surface area contributed by atoms with Crippen molar-refractivity contribution in [1.82, 2.24) is 10.2 Å². The second kappa shape index (κ2) is 7.17. The summed E-state index contributed by atoms with van der Waals surface area (Å²) in [6, 6.07) is 5.07. The average molecular weight is 338 g/mol. The van der Waals surface area contributed by atoms with Gasteiger partial charge in [0.05, 0.1) is 0 Å². The summed E-state index contributed by atoms with van der Waals surface area (Å²) in [5.74, 6) is -1.38. The monoisotopic (exact) mass is 338 g/mol. The first-order valence-corrected chi connectivity index (χ1v) is 7.86. The number of likely N-dealkylation sites (tertiary alicyclic amines) is 1. The predicted octanol–water partition coefficient (Wildman–Crippen LogP) is 2.38. The van der Waals surface area contributed by atoms with E-state index in [2.05, 4.69) is 5.32 Å². The highest BCUT2D eigenvalue weighted by Crippen LogP contribution is 2.22. The second-order valence-electron chi connectivity index (χ2n) is 6.93. The van der Waals surface area contributed by atoms with Gasteiger partial charge < -0.3 is 15.2 Å². The number of carboxylic acids is 1. The fraction of sp³-hybridized carbons (Fsp3) is 0.529. The van der Waals surface area contributed by atoms with Crippen molar-refractivity contribution in [2.45, 2.75) is 51.4 Å². The van der Waals surface area contributed by atoms with Gasteiger partial charge in [0.1, 0.15) is 17.5 Å². The lowest BCUT2D eigenvalue weighted by Crippen LogP contribution is -2.43. The van der Waals surface area contributed by atoms with Crippen molar-refractivity contribution in [2.75, 3.05) is 6.54 Å². The van der Waals surface area contributed by atoms with Gasteiger partial charge in [-0.3, -0.25) is 4.90 Å². The number of carbonyl (C=O) groups excluding carboxylic acids is 1. The molecule has 0 radical (unpaired) electrons. The zero-order chi connectivity index (χ0) is 17.9. The third-order valence-electron chi connectivity index (χ3n) is 3.70. The summed E-state index contributed by atoms with van der Waals surface area (Å²) in [5.41, 5.74) is 0.0744. The van der Waals surface area contributed by atoms with Crippen LogP contribution in [0.5, 0.6) is 0 Å². The molecule has 1 saturated heterocycles. The van der Waals surface area contributed by atoms with Crippen LogP contribution in [0.4, 0.5) is 9.18 Å². The Hall–Kier alpha value is -2.15. The second-order valence-corrected chi connectivity index (χ2v) is 6.93. The molecule has 132 valence electrons. The Morgan fingerprint density at radius 2 is 2.12 bits per heavy atom. The van der Waals surface area contributed by atoms with Gasteiger partial charge in [-0.1, -0.05) is 12.1 Å². The van der Waals surface area contributed by atoms with E-state index < -0.39 is 23.7 Å². The third kappa shape index (κ3) is 4.92. The van der Waals surface area contributed by atoms with Crippen LogP contribution in [0.1, 0.15) is 32.8 Å². The number of nitrogens with zero attached hydrogens (tertiary/aromatic N) is 1. The number of benzene rings is 1. The molecule has 1 amide bonds. The van der Waals surface area contributed by atoms with Gasteiger partial charge in [0.25, 0.3) is 0 Å². The molecule has 2 rings (SSSR count). The van der Waals surface area contributed by atoms with Crippen LogP contribution in [0.2, 0.25) is 0 Å². The summed E-state index contributed by atoms with van der Waals surface area (Å²) in [5, 5.41) is 12.5. The molecule has 0 aliphatic carbocycles. The molecule has 0 spiro atoms. The Balaban J connectivity index is 1.98. The highest BCUT2D eigenvalue weighted by molar-refractivity contribution is 5.81. The first kappa shape index (κ1) is 18.2. The molecule has 0 bridgehead atoms. The maximum Gasteiger partial charge on any atom is 0.411 e. The SMILES string of the molecule is CC(C)(C)OC(=O)N1C[C@@H](NCc2cccc(F)c2)C[C@@H]1C(=O)O. The van der Waals surface area contributed by atoms with Crippen LogP contribution < -0.4 is 5.32 Å². The standard InChI is InChI=1S/C17H23FN2O4/c1-17(2,3)24-16(23)20-10-13(8-14(20)15(21)22)19-9-11-5-4-6-12(18)7-11/h4-7,13-14,19H,8-10H2,1-3H3,(H,21,22)/t13-,14+/m0/s1. The van der Waals surface area contributed by atoms with Crippen molar-refractivity contribution < 1.29 is 23.8 Å². The molecule has 24 heavy (non-hydrogen) atoms. The molecule has 6 nitrogen and oxygen atoms in total.